The second-order valence-corrected chi connectivity index (χ2v) is 5.56. The smallest absolute Gasteiger partial charge is 0.340 e. The number of rotatable bonds is 6. The van der Waals surface area contributed by atoms with Gasteiger partial charge in [-0.05, 0) is 24.3 Å². The molecule has 0 atom stereocenters. The Balaban J connectivity index is 2.29. The lowest BCUT2D eigenvalue weighted by Gasteiger charge is -2.14. The van der Waals surface area contributed by atoms with Crippen LogP contribution in [0.25, 0.3) is 0 Å². The van der Waals surface area contributed by atoms with E-state index in [0.29, 0.717) is 16.0 Å². The van der Waals surface area contributed by atoms with Gasteiger partial charge < -0.3 is 19.9 Å². The lowest BCUT2D eigenvalue weighted by molar-refractivity contribution is 0.0693. The van der Waals surface area contributed by atoms with Gasteiger partial charge in [0.25, 0.3) is 0 Å². The monoisotopic (exact) mass is 383 g/mol. The normalized spacial score (nSPS) is 10.3. The molecule has 7 heteroatoms. The third-order valence-electron chi connectivity index (χ3n) is 3.23. The first-order valence-corrected chi connectivity index (χ1v) is 7.42. The Morgan fingerprint density at radius 3 is 2.61 bits per heavy atom. The molecule has 0 radical (unpaired) electrons. The Labute approximate surface area is 141 Å². The number of anilines is 1. The largest absolute Gasteiger partial charge is 0.497 e. The summed E-state index contributed by atoms with van der Waals surface area (Å²) < 4.78 is 24.7. The molecule has 2 aromatic carbocycles. The van der Waals surface area contributed by atoms with Crippen molar-refractivity contribution < 1.29 is 23.8 Å². The van der Waals surface area contributed by atoms with Crippen molar-refractivity contribution in [2.24, 2.45) is 0 Å². The average Bonchev–Trinajstić information content (AvgIpc) is 2.51. The average molecular weight is 384 g/mol. The van der Waals surface area contributed by atoms with Crippen LogP contribution in [0.4, 0.5) is 10.1 Å². The van der Waals surface area contributed by atoms with Crippen LogP contribution in [0.1, 0.15) is 15.9 Å². The summed E-state index contributed by atoms with van der Waals surface area (Å²) in [5.74, 6) is -0.912. The molecule has 0 aliphatic heterocycles. The highest BCUT2D eigenvalue weighted by Crippen LogP contribution is 2.28. The fraction of sp³-hybridized carbons (Fsp3) is 0.188. The van der Waals surface area contributed by atoms with Crippen molar-refractivity contribution >= 4 is 27.6 Å². The minimum absolute atomic E-state index is 0.183. The summed E-state index contributed by atoms with van der Waals surface area (Å²) >= 11 is 3.16. The molecule has 0 fully saturated rings. The van der Waals surface area contributed by atoms with Crippen LogP contribution in [0, 0.1) is 5.82 Å². The van der Waals surface area contributed by atoms with Crippen molar-refractivity contribution in [3.8, 4) is 11.5 Å². The van der Waals surface area contributed by atoms with Crippen molar-refractivity contribution in [2.45, 2.75) is 6.54 Å². The maximum atomic E-state index is 13.8. The van der Waals surface area contributed by atoms with E-state index < -0.39 is 17.3 Å². The van der Waals surface area contributed by atoms with Gasteiger partial charge in [-0.1, -0.05) is 15.9 Å². The highest BCUT2D eigenvalue weighted by atomic mass is 79.9. The van der Waals surface area contributed by atoms with Crippen molar-refractivity contribution in [3.05, 3.63) is 51.7 Å². The van der Waals surface area contributed by atoms with E-state index in [2.05, 4.69) is 21.2 Å². The zero-order chi connectivity index (χ0) is 17.0. The number of hydrogen-bond acceptors (Lipinski definition) is 4. The second-order valence-electron chi connectivity index (χ2n) is 4.65. The topological polar surface area (TPSA) is 67.8 Å². The van der Waals surface area contributed by atoms with Gasteiger partial charge in [0.15, 0.2) is 0 Å². The standard InChI is InChI=1S/C16H15BrFNO4/c1-22-11-4-3-9(14(7-11)23-2)8-19-13-6-10(17)5-12(18)15(13)16(20)21/h3-7,19H,8H2,1-2H3,(H,20,21). The molecular weight excluding hydrogens is 369 g/mol. The van der Waals surface area contributed by atoms with Crippen LogP contribution in [-0.4, -0.2) is 25.3 Å². The SMILES string of the molecule is COc1ccc(CNc2cc(Br)cc(F)c2C(=O)O)c(OC)c1. The van der Waals surface area contributed by atoms with Gasteiger partial charge in [-0.25, -0.2) is 9.18 Å². The maximum Gasteiger partial charge on any atom is 0.340 e. The molecule has 0 aliphatic carbocycles. The molecule has 0 unspecified atom stereocenters. The third kappa shape index (κ3) is 3.92. The molecule has 0 saturated heterocycles. The Bertz CT molecular complexity index is 736. The van der Waals surface area contributed by atoms with Gasteiger partial charge in [-0.3, -0.25) is 0 Å². The van der Waals surface area contributed by atoms with E-state index in [0.717, 1.165) is 11.6 Å². The highest BCUT2D eigenvalue weighted by Gasteiger charge is 2.17. The molecule has 23 heavy (non-hydrogen) atoms. The molecule has 2 aromatic rings. The number of carboxylic acids is 1. The molecule has 0 aliphatic rings. The van der Waals surface area contributed by atoms with E-state index in [9.17, 15) is 9.18 Å². The number of aromatic carboxylic acids is 1. The van der Waals surface area contributed by atoms with Gasteiger partial charge in [0.2, 0.25) is 0 Å². The summed E-state index contributed by atoms with van der Waals surface area (Å²) in [7, 11) is 3.08. The first-order valence-electron chi connectivity index (χ1n) is 6.63. The van der Waals surface area contributed by atoms with E-state index >= 15 is 0 Å². The van der Waals surface area contributed by atoms with Gasteiger partial charge in [0, 0.05) is 22.6 Å². The number of carboxylic acid groups (broad SMARTS) is 1. The number of halogens is 2. The molecule has 5 nitrogen and oxygen atoms in total. The maximum absolute atomic E-state index is 13.8. The minimum atomic E-state index is -1.33. The predicted molar refractivity (Wildman–Crippen MR) is 87.9 cm³/mol. The first kappa shape index (κ1) is 17.1. The van der Waals surface area contributed by atoms with Gasteiger partial charge in [0.1, 0.15) is 22.9 Å². The van der Waals surface area contributed by atoms with E-state index in [4.69, 9.17) is 14.6 Å². The molecule has 0 bridgehead atoms. The minimum Gasteiger partial charge on any atom is -0.497 e. The summed E-state index contributed by atoms with van der Waals surface area (Å²) in [5, 5.41) is 12.1. The first-order chi connectivity index (χ1) is 11.0. The van der Waals surface area contributed by atoms with Crippen LogP contribution in [0.2, 0.25) is 0 Å². The Morgan fingerprint density at radius 1 is 1.26 bits per heavy atom. The highest BCUT2D eigenvalue weighted by molar-refractivity contribution is 9.10. The lowest BCUT2D eigenvalue weighted by atomic mass is 10.1. The van der Waals surface area contributed by atoms with E-state index in [-0.39, 0.29) is 12.2 Å². The Kier molecular flexibility index (Phi) is 5.44. The van der Waals surface area contributed by atoms with Crippen LogP contribution < -0.4 is 14.8 Å². The number of methoxy groups -OCH3 is 2. The van der Waals surface area contributed by atoms with Crippen LogP contribution in [0.15, 0.2) is 34.8 Å². The van der Waals surface area contributed by atoms with Crippen molar-refractivity contribution in [3.63, 3.8) is 0 Å². The molecule has 2 rings (SSSR count). The number of carbonyl (C=O) groups is 1. The van der Waals surface area contributed by atoms with Gasteiger partial charge in [-0.15, -0.1) is 0 Å². The quantitative estimate of drug-likeness (QED) is 0.791. The van der Waals surface area contributed by atoms with Crippen molar-refractivity contribution in [2.75, 3.05) is 19.5 Å². The summed E-state index contributed by atoms with van der Waals surface area (Å²) in [5.41, 5.74) is 0.563. The Morgan fingerprint density at radius 2 is 2.00 bits per heavy atom. The summed E-state index contributed by atoms with van der Waals surface area (Å²) in [6, 6.07) is 7.90. The number of nitrogens with one attached hydrogen (secondary N) is 1. The fourth-order valence-electron chi connectivity index (χ4n) is 2.12. The van der Waals surface area contributed by atoms with Gasteiger partial charge >= 0.3 is 5.97 Å². The summed E-state index contributed by atoms with van der Waals surface area (Å²) in [6.07, 6.45) is 0. The van der Waals surface area contributed by atoms with Crippen LogP contribution in [-0.2, 0) is 6.54 Å². The molecular formula is C16H15BrFNO4. The van der Waals surface area contributed by atoms with E-state index in [1.165, 1.54) is 13.2 Å². The van der Waals surface area contributed by atoms with Gasteiger partial charge in [-0.2, -0.15) is 0 Å². The van der Waals surface area contributed by atoms with Crippen LogP contribution >= 0.6 is 15.9 Å². The Hall–Kier alpha value is -2.28. The number of hydrogen-bond donors (Lipinski definition) is 2. The molecule has 122 valence electrons. The molecule has 0 spiro atoms. The summed E-state index contributed by atoms with van der Waals surface area (Å²) in [6.45, 7) is 0.267. The zero-order valence-corrected chi connectivity index (χ0v) is 14.1. The molecule has 0 saturated carbocycles. The third-order valence-corrected chi connectivity index (χ3v) is 3.69. The number of benzene rings is 2. The zero-order valence-electron chi connectivity index (χ0n) is 12.5. The molecule has 2 N–H and O–H groups in total. The molecule has 0 amide bonds. The number of ether oxygens (including phenoxy) is 2. The summed E-state index contributed by atoms with van der Waals surface area (Å²) in [4.78, 5) is 11.2. The van der Waals surface area contributed by atoms with Crippen molar-refractivity contribution in [1.29, 1.82) is 0 Å². The predicted octanol–water partition coefficient (Wildman–Crippen LogP) is 3.92. The molecule has 0 aromatic heterocycles. The van der Waals surface area contributed by atoms with E-state index in [1.54, 1.807) is 25.3 Å². The van der Waals surface area contributed by atoms with Crippen LogP contribution in [0.5, 0.6) is 11.5 Å². The van der Waals surface area contributed by atoms with Crippen LogP contribution in [0.3, 0.4) is 0 Å². The fourth-order valence-corrected chi connectivity index (χ4v) is 2.55. The molecule has 0 heterocycles. The van der Waals surface area contributed by atoms with Gasteiger partial charge in [0.05, 0.1) is 19.9 Å². The lowest BCUT2D eigenvalue weighted by Crippen LogP contribution is -2.09. The second kappa shape index (κ2) is 7.32. The van der Waals surface area contributed by atoms with Crippen molar-refractivity contribution in [1.82, 2.24) is 0 Å². The van der Waals surface area contributed by atoms with E-state index in [1.807, 2.05) is 0 Å².